The van der Waals surface area contributed by atoms with Gasteiger partial charge in [0.05, 0.1) is 12.0 Å². The van der Waals surface area contributed by atoms with E-state index in [1.54, 1.807) is 0 Å². The van der Waals surface area contributed by atoms with Crippen LogP contribution in [0.2, 0.25) is 0 Å². The molecule has 0 aliphatic carbocycles. The first-order valence-corrected chi connectivity index (χ1v) is 6.56. The zero-order chi connectivity index (χ0) is 12.3. The first-order chi connectivity index (χ1) is 8.16. The third kappa shape index (κ3) is 3.19. The Morgan fingerprint density at radius 2 is 2.35 bits per heavy atom. The van der Waals surface area contributed by atoms with Gasteiger partial charge in [-0.05, 0) is 40.0 Å². The minimum Gasteiger partial charge on any atom is -0.329 e. The van der Waals surface area contributed by atoms with Gasteiger partial charge in [0.25, 0.3) is 0 Å². The summed E-state index contributed by atoms with van der Waals surface area (Å²) < 4.78 is 2.25. The second kappa shape index (κ2) is 5.50. The Balaban J connectivity index is 2.10. The van der Waals surface area contributed by atoms with Crippen LogP contribution in [-0.2, 0) is 6.54 Å². The van der Waals surface area contributed by atoms with Gasteiger partial charge in [-0.3, -0.25) is 0 Å². The largest absolute Gasteiger partial charge is 0.329 e. The highest BCUT2D eigenvalue weighted by molar-refractivity contribution is 5.08. The van der Waals surface area contributed by atoms with Gasteiger partial charge in [-0.2, -0.15) is 0 Å². The van der Waals surface area contributed by atoms with E-state index in [9.17, 15) is 0 Å². The lowest BCUT2D eigenvalue weighted by molar-refractivity contribution is 0.331. The van der Waals surface area contributed by atoms with Crippen molar-refractivity contribution >= 4 is 0 Å². The Kier molecular flexibility index (Phi) is 4.00. The van der Waals surface area contributed by atoms with E-state index in [0.717, 1.165) is 6.54 Å². The molecule has 2 atom stereocenters. The second-order valence-corrected chi connectivity index (χ2v) is 5.30. The van der Waals surface area contributed by atoms with Gasteiger partial charge in [0.1, 0.15) is 0 Å². The zero-order valence-corrected chi connectivity index (χ0v) is 11.1. The summed E-state index contributed by atoms with van der Waals surface area (Å²) in [5.74, 6) is 0. The smallest absolute Gasteiger partial charge is 0.0951 e. The molecule has 1 aromatic heterocycles. The number of allylic oxidation sites excluding steroid dienone is 2. The van der Waals surface area contributed by atoms with Gasteiger partial charge < -0.3 is 9.88 Å². The summed E-state index contributed by atoms with van der Waals surface area (Å²) in [5.41, 5.74) is 2.68. The second-order valence-electron chi connectivity index (χ2n) is 5.30. The Morgan fingerprint density at radius 3 is 3.06 bits per heavy atom. The average molecular weight is 233 g/mol. The van der Waals surface area contributed by atoms with E-state index in [4.69, 9.17) is 0 Å². The number of nitrogens with one attached hydrogen (secondary N) is 1. The Hall–Kier alpha value is -1.09. The molecule has 2 unspecified atom stereocenters. The van der Waals surface area contributed by atoms with Gasteiger partial charge in [-0.1, -0.05) is 11.6 Å². The fourth-order valence-electron chi connectivity index (χ4n) is 2.43. The molecule has 0 radical (unpaired) electrons. The molecule has 1 N–H and O–H groups in total. The normalized spacial score (nSPS) is 24.6. The molecule has 0 saturated carbocycles. The standard InChI is InChI=1S/C14H23N3/c1-11(2)7-8-17-10-15-9-14(17)13-6-4-5-12(3)16-13/h7,9-10,12-13,16H,4-6,8H2,1-3H3. The summed E-state index contributed by atoms with van der Waals surface area (Å²) in [6.07, 6.45) is 10.0. The van der Waals surface area contributed by atoms with E-state index in [2.05, 4.69) is 41.7 Å². The van der Waals surface area contributed by atoms with Crippen LogP contribution >= 0.6 is 0 Å². The van der Waals surface area contributed by atoms with Crippen molar-refractivity contribution in [2.75, 3.05) is 0 Å². The van der Waals surface area contributed by atoms with E-state index >= 15 is 0 Å². The number of piperidine rings is 1. The lowest BCUT2D eigenvalue weighted by atomic mass is 9.97. The summed E-state index contributed by atoms with van der Waals surface area (Å²) >= 11 is 0. The summed E-state index contributed by atoms with van der Waals surface area (Å²) in [7, 11) is 0. The molecule has 0 amide bonds. The molecule has 94 valence electrons. The molecule has 2 heterocycles. The molecular weight excluding hydrogens is 210 g/mol. The average Bonchev–Trinajstić information content (AvgIpc) is 2.74. The molecule has 3 nitrogen and oxygen atoms in total. The highest BCUT2D eigenvalue weighted by Gasteiger charge is 2.21. The predicted molar refractivity (Wildman–Crippen MR) is 70.8 cm³/mol. The molecule has 0 spiro atoms. The lowest BCUT2D eigenvalue weighted by Crippen LogP contribution is -2.35. The van der Waals surface area contributed by atoms with Gasteiger partial charge in [0.2, 0.25) is 0 Å². The highest BCUT2D eigenvalue weighted by Crippen LogP contribution is 2.25. The van der Waals surface area contributed by atoms with E-state index in [1.807, 2.05) is 12.5 Å². The number of hydrogen-bond acceptors (Lipinski definition) is 2. The van der Waals surface area contributed by atoms with Crippen LogP contribution in [0.3, 0.4) is 0 Å². The minimum absolute atomic E-state index is 0.479. The monoisotopic (exact) mass is 233 g/mol. The van der Waals surface area contributed by atoms with E-state index in [1.165, 1.54) is 30.5 Å². The molecule has 0 aromatic carbocycles. The quantitative estimate of drug-likeness (QED) is 0.813. The van der Waals surface area contributed by atoms with Crippen LogP contribution < -0.4 is 5.32 Å². The predicted octanol–water partition coefficient (Wildman–Crippen LogP) is 3.05. The van der Waals surface area contributed by atoms with E-state index in [0.29, 0.717) is 12.1 Å². The van der Waals surface area contributed by atoms with Crippen molar-refractivity contribution in [3.05, 3.63) is 29.9 Å². The molecule has 1 fully saturated rings. The molecule has 17 heavy (non-hydrogen) atoms. The Bertz CT molecular complexity index is 388. The van der Waals surface area contributed by atoms with Crippen LogP contribution in [0.5, 0.6) is 0 Å². The van der Waals surface area contributed by atoms with Crippen molar-refractivity contribution in [3.8, 4) is 0 Å². The summed E-state index contributed by atoms with van der Waals surface area (Å²) in [5, 5.41) is 3.67. The van der Waals surface area contributed by atoms with Crippen molar-refractivity contribution < 1.29 is 0 Å². The van der Waals surface area contributed by atoms with Crippen LogP contribution in [0.1, 0.15) is 51.8 Å². The maximum Gasteiger partial charge on any atom is 0.0951 e. The maximum absolute atomic E-state index is 4.29. The molecule has 1 aliphatic heterocycles. The fraction of sp³-hybridized carbons (Fsp3) is 0.643. The first-order valence-electron chi connectivity index (χ1n) is 6.56. The molecule has 0 bridgehead atoms. The van der Waals surface area contributed by atoms with E-state index < -0.39 is 0 Å². The molecule has 1 saturated heterocycles. The summed E-state index contributed by atoms with van der Waals surface area (Å²) in [4.78, 5) is 4.29. The SMILES string of the molecule is CC(C)=CCn1cncc1C1CCCC(C)N1. The van der Waals surface area contributed by atoms with Crippen molar-refractivity contribution in [1.82, 2.24) is 14.9 Å². The first kappa shape index (κ1) is 12.4. The van der Waals surface area contributed by atoms with Gasteiger partial charge >= 0.3 is 0 Å². The third-order valence-electron chi connectivity index (χ3n) is 3.41. The van der Waals surface area contributed by atoms with Crippen LogP contribution in [-0.4, -0.2) is 15.6 Å². The van der Waals surface area contributed by atoms with E-state index in [-0.39, 0.29) is 0 Å². The Morgan fingerprint density at radius 1 is 1.53 bits per heavy atom. The van der Waals surface area contributed by atoms with Crippen LogP contribution in [0.15, 0.2) is 24.2 Å². The van der Waals surface area contributed by atoms with Gasteiger partial charge in [0.15, 0.2) is 0 Å². The molecular formula is C14H23N3. The fourth-order valence-corrected chi connectivity index (χ4v) is 2.43. The molecule has 2 rings (SSSR count). The number of imidazole rings is 1. The number of aromatic nitrogens is 2. The summed E-state index contributed by atoms with van der Waals surface area (Å²) in [6.45, 7) is 7.47. The van der Waals surface area contributed by atoms with Crippen molar-refractivity contribution in [2.24, 2.45) is 0 Å². The van der Waals surface area contributed by atoms with Crippen molar-refractivity contribution in [3.63, 3.8) is 0 Å². The maximum atomic E-state index is 4.29. The van der Waals surface area contributed by atoms with Crippen LogP contribution in [0.25, 0.3) is 0 Å². The van der Waals surface area contributed by atoms with Crippen LogP contribution in [0.4, 0.5) is 0 Å². The third-order valence-corrected chi connectivity index (χ3v) is 3.41. The highest BCUT2D eigenvalue weighted by atomic mass is 15.1. The minimum atomic E-state index is 0.479. The Labute approximate surface area is 104 Å². The lowest BCUT2D eigenvalue weighted by Gasteiger charge is -2.29. The van der Waals surface area contributed by atoms with Gasteiger partial charge in [0, 0.05) is 24.8 Å². The number of hydrogen-bond donors (Lipinski definition) is 1. The topological polar surface area (TPSA) is 29.9 Å². The van der Waals surface area contributed by atoms with Crippen molar-refractivity contribution in [1.29, 1.82) is 0 Å². The molecule has 3 heteroatoms. The van der Waals surface area contributed by atoms with Crippen LogP contribution in [0, 0.1) is 0 Å². The molecule has 1 aliphatic rings. The number of rotatable bonds is 3. The number of nitrogens with zero attached hydrogens (tertiary/aromatic N) is 2. The summed E-state index contributed by atoms with van der Waals surface area (Å²) in [6, 6.07) is 1.10. The zero-order valence-electron chi connectivity index (χ0n) is 11.1. The van der Waals surface area contributed by atoms with Gasteiger partial charge in [-0.25, -0.2) is 4.98 Å². The van der Waals surface area contributed by atoms with Crippen molar-refractivity contribution in [2.45, 2.75) is 58.7 Å². The van der Waals surface area contributed by atoms with Gasteiger partial charge in [-0.15, -0.1) is 0 Å². The molecule has 1 aromatic rings.